The molecule has 1 heterocycles. The van der Waals surface area contributed by atoms with Crippen LogP contribution >= 0.6 is 0 Å². The first kappa shape index (κ1) is 12.9. The minimum atomic E-state index is -0.0220. The van der Waals surface area contributed by atoms with Crippen LogP contribution in [0.25, 0.3) is 0 Å². The van der Waals surface area contributed by atoms with Gasteiger partial charge in [-0.25, -0.2) is 0 Å². The van der Waals surface area contributed by atoms with Gasteiger partial charge in [-0.1, -0.05) is 25.5 Å². The third-order valence-corrected chi connectivity index (χ3v) is 3.64. The molecule has 0 saturated carbocycles. The number of rotatable bonds is 3. The first-order chi connectivity index (χ1) is 8.74. The second-order valence-electron chi connectivity index (χ2n) is 4.95. The summed E-state index contributed by atoms with van der Waals surface area (Å²) in [7, 11) is 0. The average molecular weight is 247 g/mol. The highest BCUT2D eigenvalue weighted by atomic mass is 16.3. The fourth-order valence-electron chi connectivity index (χ4n) is 2.71. The number of nitrogens with zero attached hydrogens (tertiary/aromatic N) is 1. The summed E-state index contributed by atoms with van der Waals surface area (Å²) in [6.45, 7) is 2.97. The molecule has 1 aromatic carbocycles. The average Bonchev–Trinajstić information content (AvgIpc) is 2.40. The summed E-state index contributed by atoms with van der Waals surface area (Å²) >= 11 is 0. The number of amides is 1. The van der Waals surface area contributed by atoms with Crippen LogP contribution in [0.5, 0.6) is 5.75 Å². The molecule has 1 atom stereocenters. The molecule has 1 saturated heterocycles. The summed E-state index contributed by atoms with van der Waals surface area (Å²) < 4.78 is 0. The topological polar surface area (TPSA) is 40.5 Å². The van der Waals surface area contributed by atoms with Gasteiger partial charge in [-0.15, -0.1) is 0 Å². The molecule has 2 rings (SSSR count). The summed E-state index contributed by atoms with van der Waals surface area (Å²) in [5.74, 6) is 0.0644. The van der Waals surface area contributed by atoms with E-state index in [0.717, 1.165) is 32.2 Å². The number of carbonyl (C=O) groups excluding carboxylic acids is 1. The third-order valence-electron chi connectivity index (χ3n) is 3.64. The van der Waals surface area contributed by atoms with Gasteiger partial charge in [0.25, 0.3) is 5.91 Å². The molecule has 98 valence electrons. The van der Waals surface area contributed by atoms with Crippen molar-refractivity contribution >= 4 is 5.91 Å². The van der Waals surface area contributed by atoms with E-state index in [0.29, 0.717) is 11.6 Å². The summed E-state index contributed by atoms with van der Waals surface area (Å²) in [5.41, 5.74) is 0.431. The summed E-state index contributed by atoms with van der Waals surface area (Å²) in [4.78, 5) is 14.4. The van der Waals surface area contributed by atoms with Crippen molar-refractivity contribution in [3.63, 3.8) is 0 Å². The molecule has 3 nitrogen and oxygen atoms in total. The van der Waals surface area contributed by atoms with Crippen molar-refractivity contribution in [2.24, 2.45) is 0 Å². The minimum Gasteiger partial charge on any atom is -0.507 e. The Morgan fingerprint density at radius 2 is 2.17 bits per heavy atom. The maximum absolute atomic E-state index is 12.5. The lowest BCUT2D eigenvalue weighted by Crippen LogP contribution is -2.43. The van der Waals surface area contributed by atoms with Crippen LogP contribution < -0.4 is 0 Å². The number of hydrogen-bond acceptors (Lipinski definition) is 2. The monoisotopic (exact) mass is 247 g/mol. The molecule has 1 aromatic rings. The van der Waals surface area contributed by atoms with E-state index in [4.69, 9.17) is 0 Å². The van der Waals surface area contributed by atoms with Crippen molar-refractivity contribution in [2.75, 3.05) is 6.54 Å². The predicted octanol–water partition coefficient (Wildman–Crippen LogP) is 3.19. The number of para-hydroxylation sites is 1. The lowest BCUT2D eigenvalue weighted by Gasteiger charge is -2.36. The lowest BCUT2D eigenvalue weighted by atomic mass is 9.97. The second-order valence-corrected chi connectivity index (χ2v) is 4.95. The quantitative estimate of drug-likeness (QED) is 0.891. The van der Waals surface area contributed by atoms with Gasteiger partial charge < -0.3 is 10.0 Å². The molecule has 1 N–H and O–H groups in total. The number of hydrogen-bond donors (Lipinski definition) is 1. The summed E-state index contributed by atoms with van der Waals surface area (Å²) in [5, 5.41) is 9.78. The molecule has 1 unspecified atom stereocenters. The number of aromatic hydroxyl groups is 1. The van der Waals surface area contributed by atoms with Gasteiger partial charge >= 0.3 is 0 Å². The van der Waals surface area contributed by atoms with Gasteiger partial charge in [-0.2, -0.15) is 0 Å². The third kappa shape index (κ3) is 2.66. The van der Waals surface area contributed by atoms with Crippen LogP contribution in [-0.4, -0.2) is 28.5 Å². The fraction of sp³-hybridized carbons (Fsp3) is 0.533. The molecule has 1 amide bonds. The van der Waals surface area contributed by atoms with Gasteiger partial charge in [-0.05, 0) is 37.8 Å². The van der Waals surface area contributed by atoms with E-state index in [1.165, 1.54) is 6.42 Å². The maximum atomic E-state index is 12.5. The Balaban J connectivity index is 2.18. The Morgan fingerprint density at radius 1 is 1.39 bits per heavy atom. The number of likely N-dealkylation sites (tertiary alicyclic amines) is 1. The van der Waals surface area contributed by atoms with Gasteiger partial charge in [0.15, 0.2) is 0 Å². The van der Waals surface area contributed by atoms with Gasteiger partial charge in [0, 0.05) is 12.6 Å². The van der Waals surface area contributed by atoms with E-state index in [2.05, 4.69) is 6.92 Å². The summed E-state index contributed by atoms with van der Waals surface area (Å²) in [6.07, 6.45) is 5.51. The normalized spacial score (nSPS) is 19.8. The molecule has 1 fully saturated rings. The SMILES string of the molecule is CCCC1CCCCN1C(=O)c1ccccc1O. The van der Waals surface area contributed by atoms with E-state index in [-0.39, 0.29) is 11.7 Å². The molecule has 0 radical (unpaired) electrons. The zero-order valence-corrected chi connectivity index (χ0v) is 10.9. The van der Waals surface area contributed by atoms with Crippen molar-refractivity contribution in [2.45, 2.75) is 45.1 Å². The van der Waals surface area contributed by atoms with Crippen LogP contribution in [0.15, 0.2) is 24.3 Å². The Hall–Kier alpha value is -1.51. The highest BCUT2D eigenvalue weighted by Crippen LogP contribution is 2.25. The smallest absolute Gasteiger partial charge is 0.257 e. The van der Waals surface area contributed by atoms with Crippen molar-refractivity contribution in [3.05, 3.63) is 29.8 Å². The van der Waals surface area contributed by atoms with Crippen molar-refractivity contribution < 1.29 is 9.90 Å². The number of phenolic OH excluding ortho intramolecular Hbond substituents is 1. The second kappa shape index (κ2) is 5.89. The summed E-state index contributed by atoms with van der Waals surface area (Å²) in [6, 6.07) is 7.16. The first-order valence-electron chi connectivity index (χ1n) is 6.83. The van der Waals surface area contributed by atoms with Crippen LogP contribution in [0.4, 0.5) is 0 Å². The molecule has 0 aliphatic carbocycles. The van der Waals surface area contributed by atoms with Crippen LogP contribution in [0, 0.1) is 0 Å². The van der Waals surface area contributed by atoms with E-state index in [1.807, 2.05) is 4.90 Å². The molecule has 0 aromatic heterocycles. The minimum absolute atomic E-state index is 0.0220. The molecular weight excluding hydrogens is 226 g/mol. The maximum Gasteiger partial charge on any atom is 0.257 e. The molecule has 0 bridgehead atoms. The van der Waals surface area contributed by atoms with E-state index in [9.17, 15) is 9.90 Å². The molecule has 0 spiro atoms. The van der Waals surface area contributed by atoms with Crippen molar-refractivity contribution in [1.82, 2.24) is 4.90 Å². The zero-order chi connectivity index (χ0) is 13.0. The largest absolute Gasteiger partial charge is 0.507 e. The Labute approximate surface area is 108 Å². The molecule has 1 aliphatic rings. The van der Waals surface area contributed by atoms with Crippen LogP contribution in [0.1, 0.15) is 49.4 Å². The number of phenols is 1. The predicted molar refractivity (Wildman–Crippen MR) is 71.7 cm³/mol. The van der Waals surface area contributed by atoms with Crippen molar-refractivity contribution in [3.8, 4) is 5.75 Å². The van der Waals surface area contributed by atoms with Crippen LogP contribution in [0.2, 0.25) is 0 Å². The van der Waals surface area contributed by atoms with Gasteiger partial charge in [0.2, 0.25) is 0 Å². The van der Waals surface area contributed by atoms with Gasteiger partial charge in [0.05, 0.1) is 5.56 Å². The Kier molecular flexibility index (Phi) is 4.24. The first-order valence-corrected chi connectivity index (χ1v) is 6.83. The van der Waals surface area contributed by atoms with E-state index < -0.39 is 0 Å². The highest BCUT2D eigenvalue weighted by Gasteiger charge is 2.27. The fourth-order valence-corrected chi connectivity index (χ4v) is 2.71. The van der Waals surface area contributed by atoms with Crippen LogP contribution in [-0.2, 0) is 0 Å². The number of carbonyl (C=O) groups is 1. The Morgan fingerprint density at radius 3 is 2.89 bits per heavy atom. The Bertz CT molecular complexity index is 415. The lowest BCUT2D eigenvalue weighted by molar-refractivity contribution is 0.0597. The van der Waals surface area contributed by atoms with Gasteiger partial charge in [-0.3, -0.25) is 4.79 Å². The van der Waals surface area contributed by atoms with E-state index >= 15 is 0 Å². The van der Waals surface area contributed by atoms with E-state index in [1.54, 1.807) is 24.3 Å². The van der Waals surface area contributed by atoms with Gasteiger partial charge in [0.1, 0.15) is 5.75 Å². The molecule has 1 aliphatic heterocycles. The molecule has 3 heteroatoms. The number of benzene rings is 1. The van der Waals surface area contributed by atoms with Crippen LogP contribution in [0.3, 0.4) is 0 Å². The molecule has 18 heavy (non-hydrogen) atoms. The zero-order valence-electron chi connectivity index (χ0n) is 10.9. The van der Waals surface area contributed by atoms with Crippen molar-refractivity contribution in [1.29, 1.82) is 0 Å². The highest BCUT2D eigenvalue weighted by molar-refractivity contribution is 5.97. The standard InChI is InChI=1S/C15H21NO2/c1-2-7-12-8-5-6-11-16(12)15(18)13-9-3-4-10-14(13)17/h3-4,9-10,12,17H,2,5-8,11H2,1H3. The molecular formula is C15H21NO2. The number of piperidine rings is 1.